The summed E-state index contributed by atoms with van der Waals surface area (Å²) in [6, 6.07) is 27.0. The maximum Gasteiger partial charge on any atom is 0.287 e. The molecule has 0 spiro atoms. The Hall–Kier alpha value is -4.13. The number of aromatic nitrogens is 3. The third-order valence-corrected chi connectivity index (χ3v) is 4.88. The van der Waals surface area contributed by atoms with Crippen molar-refractivity contribution in [2.24, 2.45) is 0 Å². The van der Waals surface area contributed by atoms with Gasteiger partial charge in [0.15, 0.2) is 12.4 Å². The molecule has 0 aliphatic carbocycles. The zero-order chi connectivity index (χ0) is 22.3. The molecule has 3 aromatic carbocycles. The van der Waals surface area contributed by atoms with Crippen LogP contribution in [0.1, 0.15) is 10.4 Å². The average molecular weight is 428 g/mol. The van der Waals surface area contributed by atoms with Crippen molar-refractivity contribution in [3.8, 4) is 17.1 Å². The summed E-state index contributed by atoms with van der Waals surface area (Å²) in [5, 5.41) is 7.70. The van der Waals surface area contributed by atoms with E-state index < -0.39 is 0 Å². The second-order valence-electron chi connectivity index (χ2n) is 7.45. The fourth-order valence-electron chi connectivity index (χ4n) is 3.13. The summed E-state index contributed by atoms with van der Waals surface area (Å²) in [6.45, 7) is 0.362. The number of carbonyl (C=O) groups excluding carboxylic acids is 1. The van der Waals surface area contributed by atoms with Gasteiger partial charge in [0.2, 0.25) is 5.95 Å². The molecular weight excluding hydrogens is 402 g/mol. The van der Waals surface area contributed by atoms with E-state index in [2.05, 4.69) is 27.5 Å². The monoisotopic (exact) mass is 427 g/mol. The first-order chi connectivity index (χ1) is 15.6. The van der Waals surface area contributed by atoms with Gasteiger partial charge in [-0.3, -0.25) is 4.79 Å². The molecule has 0 fully saturated rings. The molecule has 1 heterocycles. The Morgan fingerprint density at radius 3 is 2.25 bits per heavy atom. The fourth-order valence-corrected chi connectivity index (χ4v) is 3.13. The van der Waals surface area contributed by atoms with Gasteiger partial charge in [-0.15, -0.1) is 5.10 Å². The predicted molar refractivity (Wildman–Crippen MR) is 126 cm³/mol. The molecule has 0 bridgehead atoms. The fraction of sp³-hybridized carbons (Fsp3) is 0.160. The second kappa shape index (κ2) is 9.78. The van der Waals surface area contributed by atoms with Gasteiger partial charge in [-0.2, -0.15) is 9.67 Å². The molecule has 1 N–H and O–H groups in total. The zero-order valence-electron chi connectivity index (χ0n) is 18.1. The summed E-state index contributed by atoms with van der Waals surface area (Å²) in [4.78, 5) is 19.5. The number of carbonyl (C=O) groups is 1. The lowest BCUT2D eigenvalue weighted by molar-refractivity contribution is 0.0824. The van der Waals surface area contributed by atoms with Crippen molar-refractivity contribution in [2.75, 3.05) is 30.9 Å². The highest BCUT2D eigenvalue weighted by Crippen LogP contribution is 2.19. The van der Waals surface area contributed by atoms with E-state index in [1.54, 1.807) is 12.1 Å². The molecule has 0 saturated heterocycles. The molecule has 7 heteroatoms. The standard InChI is InChI=1S/C25H25N5O2/c1-29(2)21-15-13-19(14-16-21)17-26-25-27-24(20-9-5-3-6-10-20)28-30(25)23(31)18-32-22-11-7-4-8-12-22/h3-16H,17-18H2,1-2H3,(H,26,27,28). The van der Waals surface area contributed by atoms with Crippen molar-refractivity contribution in [3.63, 3.8) is 0 Å². The van der Waals surface area contributed by atoms with Crippen LogP contribution in [0.15, 0.2) is 84.9 Å². The highest BCUT2D eigenvalue weighted by molar-refractivity contribution is 5.82. The Morgan fingerprint density at radius 1 is 0.938 bits per heavy atom. The minimum absolute atomic E-state index is 0.145. The lowest BCUT2D eigenvalue weighted by atomic mass is 10.2. The first-order valence-corrected chi connectivity index (χ1v) is 10.3. The number of para-hydroxylation sites is 1. The van der Waals surface area contributed by atoms with Crippen molar-refractivity contribution in [3.05, 3.63) is 90.5 Å². The number of ether oxygens (including phenoxy) is 1. The van der Waals surface area contributed by atoms with Gasteiger partial charge in [0.1, 0.15) is 5.75 Å². The summed E-state index contributed by atoms with van der Waals surface area (Å²) in [5.74, 6) is 1.17. The summed E-state index contributed by atoms with van der Waals surface area (Å²) in [5.41, 5.74) is 3.03. The molecule has 0 radical (unpaired) electrons. The van der Waals surface area contributed by atoms with Crippen LogP contribution in [0.3, 0.4) is 0 Å². The van der Waals surface area contributed by atoms with Crippen LogP contribution in [0.2, 0.25) is 0 Å². The minimum atomic E-state index is -0.311. The number of hydrogen-bond acceptors (Lipinski definition) is 6. The number of benzene rings is 3. The van der Waals surface area contributed by atoms with Crippen LogP contribution in [-0.2, 0) is 6.54 Å². The number of rotatable bonds is 8. The third-order valence-electron chi connectivity index (χ3n) is 4.88. The van der Waals surface area contributed by atoms with Gasteiger partial charge < -0.3 is 15.0 Å². The van der Waals surface area contributed by atoms with Crippen LogP contribution in [0.4, 0.5) is 11.6 Å². The van der Waals surface area contributed by atoms with E-state index in [9.17, 15) is 4.79 Å². The van der Waals surface area contributed by atoms with Gasteiger partial charge in [0.05, 0.1) is 0 Å². The molecule has 0 aliphatic heterocycles. The van der Waals surface area contributed by atoms with Crippen LogP contribution in [0, 0.1) is 0 Å². The molecule has 4 rings (SSSR count). The smallest absolute Gasteiger partial charge is 0.287 e. The quantitative estimate of drug-likeness (QED) is 0.451. The number of hydrogen-bond donors (Lipinski definition) is 1. The zero-order valence-corrected chi connectivity index (χ0v) is 18.1. The Balaban J connectivity index is 1.53. The Morgan fingerprint density at radius 2 is 1.59 bits per heavy atom. The van der Waals surface area contributed by atoms with Crippen LogP contribution in [-0.4, -0.2) is 41.4 Å². The molecule has 162 valence electrons. The first-order valence-electron chi connectivity index (χ1n) is 10.3. The summed E-state index contributed by atoms with van der Waals surface area (Å²) in [7, 11) is 4.01. The Labute approximate surface area is 187 Å². The van der Waals surface area contributed by atoms with Crippen LogP contribution in [0.5, 0.6) is 5.75 Å². The topological polar surface area (TPSA) is 72.3 Å². The molecule has 0 unspecified atom stereocenters. The SMILES string of the molecule is CN(C)c1ccc(CNc2nc(-c3ccccc3)nn2C(=O)COc2ccccc2)cc1. The summed E-state index contributed by atoms with van der Waals surface area (Å²) >= 11 is 0. The molecule has 0 aliphatic rings. The Kier molecular flexibility index (Phi) is 6.46. The van der Waals surface area contributed by atoms with Crippen molar-refractivity contribution in [1.29, 1.82) is 0 Å². The van der Waals surface area contributed by atoms with Crippen molar-refractivity contribution in [2.45, 2.75) is 6.54 Å². The normalized spacial score (nSPS) is 10.6. The van der Waals surface area contributed by atoms with Gasteiger partial charge in [0.25, 0.3) is 5.91 Å². The molecule has 1 aromatic heterocycles. The van der Waals surface area contributed by atoms with Crippen molar-refractivity contribution < 1.29 is 9.53 Å². The highest BCUT2D eigenvalue weighted by atomic mass is 16.5. The van der Waals surface area contributed by atoms with E-state index in [0.717, 1.165) is 16.8 Å². The van der Waals surface area contributed by atoms with E-state index in [-0.39, 0.29) is 12.5 Å². The maximum absolute atomic E-state index is 12.9. The molecule has 0 atom stereocenters. The lowest BCUT2D eigenvalue weighted by Crippen LogP contribution is -2.22. The van der Waals surface area contributed by atoms with E-state index in [1.165, 1.54) is 4.68 Å². The number of nitrogens with one attached hydrogen (secondary N) is 1. The first kappa shape index (κ1) is 21.1. The molecule has 0 saturated carbocycles. The molecule has 32 heavy (non-hydrogen) atoms. The number of nitrogens with zero attached hydrogens (tertiary/aromatic N) is 4. The minimum Gasteiger partial charge on any atom is -0.484 e. The van der Waals surface area contributed by atoms with Crippen molar-refractivity contribution in [1.82, 2.24) is 14.8 Å². The van der Waals surface area contributed by atoms with Gasteiger partial charge in [0, 0.05) is 31.9 Å². The van der Waals surface area contributed by atoms with E-state index >= 15 is 0 Å². The van der Waals surface area contributed by atoms with E-state index in [1.807, 2.05) is 79.7 Å². The van der Waals surface area contributed by atoms with Gasteiger partial charge in [-0.1, -0.05) is 60.7 Å². The molecule has 0 amide bonds. The predicted octanol–water partition coefficient (Wildman–Crippen LogP) is 4.34. The molecule has 4 aromatic rings. The van der Waals surface area contributed by atoms with Gasteiger partial charge >= 0.3 is 0 Å². The van der Waals surface area contributed by atoms with Gasteiger partial charge in [-0.25, -0.2) is 0 Å². The van der Waals surface area contributed by atoms with E-state index in [4.69, 9.17) is 4.74 Å². The average Bonchev–Trinajstić information content (AvgIpc) is 3.27. The van der Waals surface area contributed by atoms with Crippen molar-refractivity contribution >= 4 is 17.5 Å². The van der Waals surface area contributed by atoms with Crippen LogP contribution in [0.25, 0.3) is 11.4 Å². The number of anilines is 2. The van der Waals surface area contributed by atoms with Crippen LogP contribution >= 0.6 is 0 Å². The van der Waals surface area contributed by atoms with E-state index in [0.29, 0.717) is 24.1 Å². The lowest BCUT2D eigenvalue weighted by Gasteiger charge is -2.13. The Bertz CT molecular complexity index is 1160. The van der Waals surface area contributed by atoms with Crippen LogP contribution < -0.4 is 15.0 Å². The summed E-state index contributed by atoms with van der Waals surface area (Å²) < 4.78 is 6.90. The molecular formula is C25H25N5O2. The second-order valence-corrected chi connectivity index (χ2v) is 7.45. The third kappa shape index (κ3) is 5.13. The maximum atomic E-state index is 12.9. The largest absolute Gasteiger partial charge is 0.484 e. The summed E-state index contributed by atoms with van der Waals surface area (Å²) in [6.07, 6.45) is 0. The molecule has 7 nitrogen and oxygen atoms in total. The van der Waals surface area contributed by atoms with Gasteiger partial charge in [-0.05, 0) is 29.8 Å². The highest BCUT2D eigenvalue weighted by Gasteiger charge is 2.18.